The molecule has 3 N–H and O–H groups in total. The van der Waals surface area contributed by atoms with Crippen LogP contribution in [0.5, 0.6) is 0 Å². The van der Waals surface area contributed by atoms with Crippen molar-refractivity contribution >= 4 is 15.8 Å². The van der Waals surface area contributed by atoms with Crippen molar-refractivity contribution in [3.05, 3.63) is 6.20 Å². The standard InChI is InChI=1S/C10H18N4O3S/c1-2-13-6-9(10(11)12-13)18(16,17)14-5-3-4-8(14)7-15/h6,8,15H,2-5,7H2,1H3,(H2,11,12)/t8-/m1/s1. The third kappa shape index (κ3) is 2.11. The van der Waals surface area contributed by atoms with Crippen LogP contribution in [0.2, 0.25) is 0 Å². The van der Waals surface area contributed by atoms with Gasteiger partial charge in [0.1, 0.15) is 4.90 Å². The van der Waals surface area contributed by atoms with E-state index in [1.165, 1.54) is 15.2 Å². The average Bonchev–Trinajstić information content (AvgIpc) is 2.94. The van der Waals surface area contributed by atoms with Crippen LogP contribution in [-0.4, -0.2) is 46.8 Å². The Morgan fingerprint density at radius 3 is 2.89 bits per heavy atom. The van der Waals surface area contributed by atoms with Gasteiger partial charge in [0.25, 0.3) is 0 Å². The normalized spacial score (nSPS) is 21.6. The second-order valence-corrected chi connectivity index (χ2v) is 6.19. The van der Waals surface area contributed by atoms with Crippen molar-refractivity contribution in [2.75, 3.05) is 18.9 Å². The van der Waals surface area contributed by atoms with Gasteiger partial charge in [0.15, 0.2) is 5.82 Å². The van der Waals surface area contributed by atoms with E-state index < -0.39 is 10.0 Å². The Morgan fingerprint density at radius 2 is 2.33 bits per heavy atom. The van der Waals surface area contributed by atoms with Crippen LogP contribution in [0, 0.1) is 0 Å². The van der Waals surface area contributed by atoms with Crippen molar-refractivity contribution in [3.8, 4) is 0 Å². The Bertz CT molecular complexity index is 525. The summed E-state index contributed by atoms with van der Waals surface area (Å²) in [5.41, 5.74) is 5.66. The Labute approximate surface area is 106 Å². The second-order valence-electron chi connectivity index (χ2n) is 4.33. The van der Waals surface area contributed by atoms with Crippen LogP contribution in [0.1, 0.15) is 19.8 Å². The first-order valence-corrected chi connectivity index (χ1v) is 7.40. The summed E-state index contributed by atoms with van der Waals surface area (Å²) in [5.74, 6) is 0.0143. The summed E-state index contributed by atoms with van der Waals surface area (Å²) in [6.45, 7) is 2.67. The minimum absolute atomic E-state index is 0.0143. The summed E-state index contributed by atoms with van der Waals surface area (Å²) < 4.78 is 27.7. The van der Waals surface area contributed by atoms with Crippen molar-refractivity contribution in [1.29, 1.82) is 0 Å². The van der Waals surface area contributed by atoms with Gasteiger partial charge in [-0.1, -0.05) is 0 Å². The number of nitrogens with zero attached hydrogens (tertiary/aromatic N) is 3. The zero-order valence-electron chi connectivity index (χ0n) is 10.3. The van der Waals surface area contributed by atoms with Crippen LogP contribution in [0.15, 0.2) is 11.1 Å². The Morgan fingerprint density at radius 1 is 1.61 bits per heavy atom. The van der Waals surface area contributed by atoms with E-state index in [1.807, 2.05) is 6.92 Å². The molecule has 1 aromatic rings. The molecule has 0 aliphatic carbocycles. The maximum atomic E-state index is 12.4. The number of aliphatic hydroxyl groups excluding tert-OH is 1. The van der Waals surface area contributed by atoms with Crippen molar-refractivity contribution in [1.82, 2.24) is 14.1 Å². The first-order chi connectivity index (χ1) is 8.50. The molecule has 1 aliphatic rings. The molecule has 1 aromatic heterocycles. The summed E-state index contributed by atoms with van der Waals surface area (Å²) in [4.78, 5) is 0.0321. The lowest BCUT2D eigenvalue weighted by Gasteiger charge is -2.21. The highest BCUT2D eigenvalue weighted by atomic mass is 32.2. The minimum atomic E-state index is -3.65. The van der Waals surface area contributed by atoms with Gasteiger partial charge in [0, 0.05) is 25.3 Å². The fraction of sp³-hybridized carbons (Fsp3) is 0.700. The van der Waals surface area contributed by atoms with E-state index in [-0.39, 0.29) is 23.4 Å². The Hall–Kier alpha value is -1.12. The molecule has 1 saturated heterocycles. The van der Waals surface area contributed by atoms with Gasteiger partial charge in [-0.2, -0.15) is 9.40 Å². The first-order valence-electron chi connectivity index (χ1n) is 5.96. The molecular weight excluding hydrogens is 256 g/mol. The molecule has 0 amide bonds. The Balaban J connectivity index is 2.38. The van der Waals surface area contributed by atoms with E-state index in [2.05, 4.69) is 5.10 Å². The van der Waals surface area contributed by atoms with Crippen LogP contribution >= 0.6 is 0 Å². The number of nitrogen functional groups attached to an aromatic ring is 1. The van der Waals surface area contributed by atoms with Crippen molar-refractivity contribution in [2.24, 2.45) is 0 Å². The molecule has 2 rings (SSSR count). The van der Waals surface area contributed by atoms with E-state index in [9.17, 15) is 13.5 Å². The van der Waals surface area contributed by atoms with Gasteiger partial charge in [0.2, 0.25) is 10.0 Å². The molecular formula is C10H18N4O3S. The average molecular weight is 274 g/mol. The molecule has 0 aromatic carbocycles. The molecule has 18 heavy (non-hydrogen) atoms. The highest BCUT2D eigenvalue weighted by Crippen LogP contribution is 2.28. The van der Waals surface area contributed by atoms with Gasteiger partial charge < -0.3 is 10.8 Å². The molecule has 0 saturated carbocycles. The largest absolute Gasteiger partial charge is 0.395 e. The maximum absolute atomic E-state index is 12.4. The summed E-state index contributed by atoms with van der Waals surface area (Å²) >= 11 is 0. The molecule has 0 spiro atoms. The summed E-state index contributed by atoms with van der Waals surface area (Å²) in [5, 5.41) is 13.2. The summed E-state index contributed by atoms with van der Waals surface area (Å²) in [6, 6.07) is -0.348. The van der Waals surface area contributed by atoms with Gasteiger partial charge in [-0.3, -0.25) is 4.68 Å². The fourth-order valence-corrected chi connectivity index (χ4v) is 3.96. The van der Waals surface area contributed by atoms with Crippen molar-refractivity contribution in [3.63, 3.8) is 0 Å². The lowest BCUT2D eigenvalue weighted by molar-refractivity contribution is 0.213. The summed E-state index contributed by atoms with van der Waals surface area (Å²) in [6.07, 6.45) is 2.88. The number of rotatable bonds is 4. The Kier molecular flexibility index (Phi) is 3.60. The SMILES string of the molecule is CCn1cc(S(=O)(=O)N2CCC[C@@H]2CO)c(N)n1. The topological polar surface area (TPSA) is 101 Å². The van der Waals surface area contributed by atoms with E-state index in [0.717, 1.165) is 6.42 Å². The number of aromatic nitrogens is 2. The maximum Gasteiger partial charge on any atom is 0.248 e. The van der Waals surface area contributed by atoms with Gasteiger partial charge in [-0.05, 0) is 19.8 Å². The first kappa shape index (κ1) is 13.3. The molecule has 7 nitrogen and oxygen atoms in total. The second kappa shape index (κ2) is 4.87. The monoisotopic (exact) mass is 274 g/mol. The lowest BCUT2D eigenvalue weighted by atomic mass is 10.2. The van der Waals surface area contributed by atoms with Crippen LogP contribution < -0.4 is 5.73 Å². The predicted octanol–water partition coefficient (Wildman–Crippen LogP) is -0.369. The number of aliphatic hydroxyl groups is 1. The highest BCUT2D eigenvalue weighted by Gasteiger charge is 2.36. The third-order valence-corrected chi connectivity index (χ3v) is 5.17. The molecule has 1 fully saturated rings. The molecule has 0 bridgehead atoms. The number of hydrogen-bond donors (Lipinski definition) is 2. The van der Waals surface area contributed by atoms with E-state index in [4.69, 9.17) is 5.73 Å². The number of hydrogen-bond acceptors (Lipinski definition) is 5. The van der Waals surface area contributed by atoms with E-state index in [1.54, 1.807) is 0 Å². The van der Waals surface area contributed by atoms with Gasteiger partial charge in [0.05, 0.1) is 6.61 Å². The van der Waals surface area contributed by atoms with Crippen molar-refractivity contribution < 1.29 is 13.5 Å². The fourth-order valence-electron chi connectivity index (χ4n) is 2.21. The van der Waals surface area contributed by atoms with Crippen LogP contribution in [0.25, 0.3) is 0 Å². The highest BCUT2D eigenvalue weighted by molar-refractivity contribution is 7.89. The number of sulfonamides is 1. The molecule has 102 valence electrons. The molecule has 0 unspecified atom stereocenters. The lowest BCUT2D eigenvalue weighted by Crippen LogP contribution is -2.37. The number of anilines is 1. The zero-order chi connectivity index (χ0) is 13.3. The molecule has 0 radical (unpaired) electrons. The molecule has 1 atom stereocenters. The van der Waals surface area contributed by atoms with Gasteiger partial charge >= 0.3 is 0 Å². The smallest absolute Gasteiger partial charge is 0.248 e. The van der Waals surface area contributed by atoms with Gasteiger partial charge in [-0.15, -0.1) is 0 Å². The molecule has 1 aliphatic heterocycles. The van der Waals surface area contributed by atoms with Crippen molar-refractivity contribution in [2.45, 2.75) is 37.2 Å². The van der Waals surface area contributed by atoms with Crippen LogP contribution in [-0.2, 0) is 16.6 Å². The summed E-state index contributed by atoms with van der Waals surface area (Å²) in [7, 11) is -3.65. The zero-order valence-corrected chi connectivity index (χ0v) is 11.1. The third-order valence-electron chi connectivity index (χ3n) is 3.20. The van der Waals surface area contributed by atoms with E-state index >= 15 is 0 Å². The predicted molar refractivity (Wildman–Crippen MR) is 66.3 cm³/mol. The minimum Gasteiger partial charge on any atom is -0.395 e. The molecule has 8 heteroatoms. The number of nitrogens with two attached hydrogens (primary N) is 1. The quantitative estimate of drug-likeness (QED) is 0.780. The van der Waals surface area contributed by atoms with Gasteiger partial charge in [-0.25, -0.2) is 8.42 Å². The van der Waals surface area contributed by atoms with Crippen LogP contribution in [0.4, 0.5) is 5.82 Å². The number of aryl methyl sites for hydroxylation is 1. The molecule has 2 heterocycles. The van der Waals surface area contributed by atoms with Crippen LogP contribution in [0.3, 0.4) is 0 Å². The van der Waals surface area contributed by atoms with E-state index in [0.29, 0.717) is 19.5 Å².